The van der Waals surface area contributed by atoms with Gasteiger partial charge < -0.3 is 11.1 Å². The lowest BCUT2D eigenvalue weighted by atomic mass is 10.2. The first-order valence-electron chi connectivity index (χ1n) is 4.31. The first-order chi connectivity index (χ1) is 7.00. The van der Waals surface area contributed by atoms with Crippen LogP contribution in [0.4, 0.5) is 11.4 Å². The molecular formula is C9H11N3O3. The van der Waals surface area contributed by atoms with Crippen molar-refractivity contribution in [2.75, 3.05) is 5.32 Å². The van der Waals surface area contributed by atoms with Gasteiger partial charge in [-0.1, -0.05) is 6.07 Å². The summed E-state index contributed by atoms with van der Waals surface area (Å²) in [6.45, 7) is 1.58. The third kappa shape index (κ3) is 2.94. The van der Waals surface area contributed by atoms with Gasteiger partial charge in [0.05, 0.1) is 4.92 Å². The molecule has 0 fully saturated rings. The van der Waals surface area contributed by atoms with E-state index in [2.05, 4.69) is 5.32 Å². The molecule has 6 nitrogen and oxygen atoms in total. The van der Waals surface area contributed by atoms with Gasteiger partial charge in [-0.05, 0) is 13.0 Å². The lowest BCUT2D eigenvalue weighted by Gasteiger charge is -2.10. The minimum absolute atomic E-state index is 0.0309. The summed E-state index contributed by atoms with van der Waals surface area (Å²) in [5.74, 6) is -0.512. The van der Waals surface area contributed by atoms with Crippen molar-refractivity contribution in [1.82, 2.24) is 0 Å². The molecule has 0 saturated heterocycles. The second-order valence-corrected chi connectivity index (χ2v) is 3.08. The van der Waals surface area contributed by atoms with Crippen LogP contribution in [0.15, 0.2) is 24.3 Å². The molecule has 6 heteroatoms. The summed E-state index contributed by atoms with van der Waals surface area (Å²) in [7, 11) is 0. The van der Waals surface area contributed by atoms with Crippen LogP contribution in [0.25, 0.3) is 0 Å². The van der Waals surface area contributed by atoms with Gasteiger partial charge in [0.2, 0.25) is 5.91 Å². The van der Waals surface area contributed by atoms with Crippen molar-refractivity contribution >= 4 is 17.3 Å². The Bertz CT molecular complexity index is 392. The van der Waals surface area contributed by atoms with Crippen LogP contribution in [0.3, 0.4) is 0 Å². The second-order valence-electron chi connectivity index (χ2n) is 3.08. The first-order valence-corrected chi connectivity index (χ1v) is 4.31. The van der Waals surface area contributed by atoms with Crippen molar-refractivity contribution < 1.29 is 9.72 Å². The molecule has 0 aliphatic rings. The fourth-order valence-corrected chi connectivity index (χ4v) is 1.03. The molecule has 80 valence electrons. The summed E-state index contributed by atoms with van der Waals surface area (Å²) >= 11 is 0. The van der Waals surface area contributed by atoms with Gasteiger partial charge in [-0.15, -0.1) is 0 Å². The highest BCUT2D eigenvalue weighted by molar-refractivity contribution is 5.82. The van der Waals surface area contributed by atoms with Crippen molar-refractivity contribution in [3.63, 3.8) is 0 Å². The largest absolute Gasteiger partial charge is 0.374 e. The smallest absolute Gasteiger partial charge is 0.271 e. The van der Waals surface area contributed by atoms with E-state index in [0.717, 1.165) is 0 Å². The van der Waals surface area contributed by atoms with Crippen LogP contribution in [-0.4, -0.2) is 16.9 Å². The number of rotatable bonds is 4. The minimum Gasteiger partial charge on any atom is -0.374 e. The molecule has 0 spiro atoms. The Morgan fingerprint density at radius 1 is 1.60 bits per heavy atom. The summed E-state index contributed by atoms with van der Waals surface area (Å²) in [6.07, 6.45) is 0. The molecule has 0 unspecified atom stereocenters. The van der Waals surface area contributed by atoms with E-state index in [1.807, 2.05) is 0 Å². The van der Waals surface area contributed by atoms with Crippen molar-refractivity contribution in [2.45, 2.75) is 13.0 Å². The Morgan fingerprint density at radius 2 is 2.27 bits per heavy atom. The van der Waals surface area contributed by atoms with Crippen molar-refractivity contribution in [3.8, 4) is 0 Å². The van der Waals surface area contributed by atoms with E-state index in [9.17, 15) is 14.9 Å². The highest BCUT2D eigenvalue weighted by Gasteiger charge is 2.10. The Labute approximate surface area is 86.2 Å². The predicted octanol–water partition coefficient (Wildman–Crippen LogP) is 0.880. The number of anilines is 1. The molecular weight excluding hydrogens is 198 g/mol. The zero-order valence-corrected chi connectivity index (χ0v) is 8.14. The van der Waals surface area contributed by atoms with Crippen LogP contribution < -0.4 is 11.1 Å². The first kappa shape index (κ1) is 11.0. The maximum atomic E-state index is 10.7. The standard InChI is InChI=1S/C9H11N3O3/c1-6(9(10)13)11-7-3-2-4-8(5-7)12(14)15/h2-6,11H,1H3,(H2,10,13)/t6-/m0/s1. The van der Waals surface area contributed by atoms with Gasteiger partial charge in [0.1, 0.15) is 6.04 Å². The van der Waals surface area contributed by atoms with Crippen LogP contribution in [0.1, 0.15) is 6.92 Å². The molecule has 1 rings (SSSR count). The fraction of sp³-hybridized carbons (Fsp3) is 0.222. The van der Waals surface area contributed by atoms with Gasteiger partial charge in [0.15, 0.2) is 0 Å². The summed E-state index contributed by atoms with van der Waals surface area (Å²) in [4.78, 5) is 20.7. The lowest BCUT2D eigenvalue weighted by Crippen LogP contribution is -2.32. The number of non-ortho nitro benzene ring substituents is 1. The number of nitrogens with two attached hydrogens (primary N) is 1. The van der Waals surface area contributed by atoms with Gasteiger partial charge in [0.25, 0.3) is 5.69 Å². The van der Waals surface area contributed by atoms with Crippen LogP contribution >= 0.6 is 0 Å². The number of hydrogen-bond donors (Lipinski definition) is 2. The number of nitro benzene ring substituents is 1. The molecule has 1 atom stereocenters. The Morgan fingerprint density at radius 3 is 2.80 bits per heavy atom. The molecule has 0 aliphatic heterocycles. The number of carbonyl (C=O) groups is 1. The molecule has 1 aromatic rings. The normalized spacial score (nSPS) is 11.8. The SMILES string of the molecule is C[C@H](Nc1cccc([N+](=O)[O-])c1)C(N)=O. The minimum atomic E-state index is -0.563. The Kier molecular flexibility index (Phi) is 3.22. The molecule has 1 amide bonds. The van der Waals surface area contributed by atoms with E-state index in [-0.39, 0.29) is 5.69 Å². The third-order valence-electron chi connectivity index (χ3n) is 1.87. The third-order valence-corrected chi connectivity index (χ3v) is 1.87. The van der Waals surface area contributed by atoms with Gasteiger partial charge in [0, 0.05) is 17.8 Å². The number of nitrogens with one attached hydrogen (secondary N) is 1. The van der Waals surface area contributed by atoms with Gasteiger partial charge in [-0.25, -0.2) is 0 Å². The van der Waals surface area contributed by atoms with Crippen LogP contribution in [0.5, 0.6) is 0 Å². The van der Waals surface area contributed by atoms with Gasteiger partial charge >= 0.3 is 0 Å². The number of primary amides is 1. The van der Waals surface area contributed by atoms with Gasteiger partial charge in [-0.3, -0.25) is 14.9 Å². The van der Waals surface area contributed by atoms with Crippen molar-refractivity contribution in [3.05, 3.63) is 34.4 Å². The molecule has 0 aromatic heterocycles. The Balaban J connectivity index is 2.82. The van der Waals surface area contributed by atoms with E-state index in [4.69, 9.17) is 5.73 Å². The summed E-state index contributed by atoms with van der Waals surface area (Å²) in [5, 5.41) is 13.2. The van der Waals surface area contributed by atoms with Crippen molar-refractivity contribution in [2.24, 2.45) is 5.73 Å². The van der Waals surface area contributed by atoms with E-state index in [1.54, 1.807) is 13.0 Å². The van der Waals surface area contributed by atoms with Crippen LogP contribution in [-0.2, 0) is 4.79 Å². The monoisotopic (exact) mass is 209 g/mol. The molecule has 0 bridgehead atoms. The number of hydrogen-bond acceptors (Lipinski definition) is 4. The highest BCUT2D eigenvalue weighted by atomic mass is 16.6. The predicted molar refractivity (Wildman–Crippen MR) is 55.4 cm³/mol. The lowest BCUT2D eigenvalue weighted by molar-refractivity contribution is -0.384. The number of benzene rings is 1. The zero-order chi connectivity index (χ0) is 11.4. The summed E-state index contributed by atoms with van der Waals surface area (Å²) < 4.78 is 0. The molecule has 0 radical (unpaired) electrons. The number of carbonyl (C=O) groups excluding carboxylic acids is 1. The molecule has 1 aromatic carbocycles. The van der Waals surface area contributed by atoms with E-state index in [0.29, 0.717) is 5.69 Å². The van der Waals surface area contributed by atoms with Crippen LogP contribution in [0, 0.1) is 10.1 Å². The highest BCUT2D eigenvalue weighted by Crippen LogP contribution is 2.17. The van der Waals surface area contributed by atoms with E-state index < -0.39 is 16.9 Å². The Hall–Kier alpha value is -2.11. The average molecular weight is 209 g/mol. The number of nitro groups is 1. The quantitative estimate of drug-likeness (QED) is 0.568. The zero-order valence-electron chi connectivity index (χ0n) is 8.14. The van der Waals surface area contributed by atoms with E-state index in [1.165, 1.54) is 18.2 Å². The number of amides is 1. The average Bonchev–Trinajstić information content (AvgIpc) is 2.18. The van der Waals surface area contributed by atoms with E-state index >= 15 is 0 Å². The molecule has 3 N–H and O–H groups in total. The molecule has 0 aliphatic carbocycles. The molecule has 15 heavy (non-hydrogen) atoms. The summed E-state index contributed by atoms with van der Waals surface area (Å²) in [6, 6.07) is 5.33. The summed E-state index contributed by atoms with van der Waals surface area (Å²) in [5.41, 5.74) is 5.51. The molecule has 0 saturated carbocycles. The number of nitrogens with zero attached hydrogens (tertiary/aromatic N) is 1. The van der Waals surface area contributed by atoms with Gasteiger partial charge in [-0.2, -0.15) is 0 Å². The topological polar surface area (TPSA) is 98.3 Å². The fourth-order valence-electron chi connectivity index (χ4n) is 1.03. The second kappa shape index (κ2) is 4.41. The molecule has 0 heterocycles. The maximum absolute atomic E-state index is 10.7. The van der Waals surface area contributed by atoms with Crippen molar-refractivity contribution in [1.29, 1.82) is 0 Å². The van der Waals surface area contributed by atoms with Crippen LogP contribution in [0.2, 0.25) is 0 Å². The maximum Gasteiger partial charge on any atom is 0.271 e.